The van der Waals surface area contributed by atoms with Crippen molar-refractivity contribution < 1.29 is 14.3 Å². The minimum Gasteiger partial charge on any atom is -0.493 e. The fourth-order valence-electron chi connectivity index (χ4n) is 5.14. The van der Waals surface area contributed by atoms with Crippen LogP contribution in [0.2, 0.25) is 0 Å². The van der Waals surface area contributed by atoms with Gasteiger partial charge in [-0.15, -0.1) is 0 Å². The lowest BCUT2D eigenvalue weighted by Gasteiger charge is -2.36. The van der Waals surface area contributed by atoms with Crippen molar-refractivity contribution in [2.24, 2.45) is 0 Å². The molecule has 1 saturated heterocycles. The van der Waals surface area contributed by atoms with E-state index >= 15 is 0 Å². The summed E-state index contributed by atoms with van der Waals surface area (Å²) >= 11 is 3.46. The van der Waals surface area contributed by atoms with Gasteiger partial charge in [-0.3, -0.25) is 9.69 Å². The molecule has 1 aliphatic heterocycles. The van der Waals surface area contributed by atoms with Gasteiger partial charge in [-0.2, -0.15) is 4.98 Å². The van der Waals surface area contributed by atoms with E-state index in [1.165, 1.54) is 11.9 Å². The van der Waals surface area contributed by atoms with Crippen LogP contribution in [0.25, 0.3) is 0 Å². The number of hydrogen-bond donors (Lipinski definition) is 2. The highest BCUT2D eigenvalue weighted by Crippen LogP contribution is 2.35. The lowest BCUT2D eigenvalue weighted by atomic mass is 10.1. The van der Waals surface area contributed by atoms with Gasteiger partial charge in [0.1, 0.15) is 5.56 Å². The van der Waals surface area contributed by atoms with Crippen LogP contribution in [0, 0.1) is 13.8 Å². The number of nitrogens with one attached hydrogen (secondary N) is 2. The smallest absolute Gasteiger partial charge is 0.262 e. The zero-order valence-corrected chi connectivity index (χ0v) is 28.0. The van der Waals surface area contributed by atoms with Crippen LogP contribution in [-0.4, -0.2) is 86.1 Å². The Morgan fingerprint density at radius 1 is 0.978 bits per heavy atom. The number of para-hydroxylation sites is 1. The number of carbonyl (C=O) groups is 1. The van der Waals surface area contributed by atoms with E-state index in [0.717, 1.165) is 66.2 Å². The largest absolute Gasteiger partial charge is 0.493 e. The molecule has 0 unspecified atom stereocenters. The molecule has 1 fully saturated rings. The Bertz CT molecular complexity index is 1600. The summed E-state index contributed by atoms with van der Waals surface area (Å²) in [6, 6.07) is 19.5. The second-order valence-electron chi connectivity index (χ2n) is 11.3. The molecular weight excluding hydrogens is 634 g/mol. The summed E-state index contributed by atoms with van der Waals surface area (Å²) in [7, 11) is 5.79. The molecule has 0 radical (unpaired) electrons. The predicted molar refractivity (Wildman–Crippen MR) is 184 cm³/mol. The normalized spacial score (nSPS) is 13.5. The molecule has 0 saturated carbocycles. The van der Waals surface area contributed by atoms with Crippen molar-refractivity contribution in [3.63, 3.8) is 0 Å². The molecule has 3 aromatic carbocycles. The molecule has 1 amide bonds. The van der Waals surface area contributed by atoms with Gasteiger partial charge in [0, 0.05) is 67.0 Å². The van der Waals surface area contributed by atoms with Crippen LogP contribution in [-0.2, 0) is 0 Å². The molecular formula is C34H40BrN7O3. The molecule has 11 heteroatoms. The molecule has 236 valence electrons. The molecule has 45 heavy (non-hydrogen) atoms. The number of nitrogens with zero attached hydrogens (tertiary/aromatic N) is 5. The Hall–Kier alpha value is -4.19. The molecule has 0 bridgehead atoms. The summed E-state index contributed by atoms with van der Waals surface area (Å²) in [5.74, 6) is 0.925. The SMILES string of the molecule is COc1cc(Br)ccc1Oc1nc(Nc2ccc(N3CCN(CCN(C)C)CC3)cc2)ncc1C(=O)Nc1c(C)cccc1C. The van der Waals surface area contributed by atoms with Crippen LogP contribution in [0.1, 0.15) is 21.5 Å². The summed E-state index contributed by atoms with van der Waals surface area (Å²) in [5.41, 5.74) is 4.84. The summed E-state index contributed by atoms with van der Waals surface area (Å²) in [5, 5.41) is 6.27. The summed E-state index contributed by atoms with van der Waals surface area (Å²) in [4.78, 5) is 29.8. The number of ether oxygens (including phenoxy) is 2. The molecule has 10 nitrogen and oxygen atoms in total. The van der Waals surface area contributed by atoms with Crippen molar-refractivity contribution in [3.8, 4) is 17.4 Å². The maximum absolute atomic E-state index is 13.5. The molecule has 0 spiro atoms. The third kappa shape index (κ3) is 8.30. The number of rotatable bonds is 11. The Labute approximate surface area is 273 Å². The highest BCUT2D eigenvalue weighted by atomic mass is 79.9. The maximum atomic E-state index is 13.5. The van der Waals surface area contributed by atoms with Crippen LogP contribution in [0.3, 0.4) is 0 Å². The third-order valence-corrected chi connectivity index (χ3v) is 8.27. The van der Waals surface area contributed by atoms with Gasteiger partial charge in [0.15, 0.2) is 11.5 Å². The van der Waals surface area contributed by atoms with Crippen molar-refractivity contribution in [1.82, 2.24) is 19.8 Å². The molecule has 0 aliphatic carbocycles. The van der Waals surface area contributed by atoms with E-state index in [4.69, 9.17) is 9.47 Å². The maximum Gasteiger partial charge on any atom is 0.262 e. The van der Waals surface area contributed by atoms with Crippen molar-refractivity contribution >= 4 is 44.8 Å². The van der Waals surface area contributed by atoms with E-state index in [9.17, 15) is 4.79 Å². The first-order chi connectivity index (χ1) is 21.7. The monoisotopic (exact) mass is 673 g/mol. The van der Waals surface area contributed by atoms with Gasteiger partial charge < -0.3 is 29.9 Å². The first-order valence-electron chi connectivity index (χ1n) is 15.0. The predicted octanol–water partition coefficient (Wildman–Crippen LogP) is 6.34. The van der Waals surface area contributed by atoms with Crippen LogP contribution in [0.15, 0.2) is 71.3 Å². The van der Waals surface area contributed by atoms with E-state index in [1.54, 1.807) is 19.2 Å². The molecule has 1 aliphatic rings. The first-order valence-corrected chi connectivity index (χ1v) is 15.7. The number of likely N-dealkylation sites (N-methyl/N-ethyl adjacent to an activating group) is 1. The summed E-state index contributed by atoms with van der Waals surface area (Å²) in [6.07, 6.45) is 1.48. The molecule has 2 N–H and O–H groups in total. The minimum atomic E-state index is -0.379. The van der Waals surface area contributed by atoms with Gasteiger partial charge in [-0.05, 0) is 81.5 Å². The number of anilines is 4. The Morgan fingerprint density at radius 2 is 1.69 bits per heavy atom. The van der Waals surface area contributed by atoms with Gasteiger partial charge in [-0.1, -0.05) is 34.1 Å². The molecule has 5 rings (SSSR count). The quantitative estimate of drug-likeness (QED) is 0.189. The van der Waals surface area contributed by atoms with Gasteiger partial charge in [0.2, 0.25) is 11.8 Å². The number of halogens is 1. The second kappa shape index (κ2) is 14.7. The highest BCUT2D eigenvalue weighted by molar-refractivity contribution is 9.10. The summed E-state index contributed by atoms with van der Waals surface area (Å²) in [6.45, 7) is 10.2. The van der Waals surface area contributed by atoms with E-state index in [2.05, 4.69) is 77.5 Å². The number of amides is 1. The van der Waals surface area contributed by atoms with E-state index in [1.807, 2.05) is 50.2 Å². The Balaban J connectivity index is 1.34. The average Bonchev–Trinajstić information content (AvgIpc) is 3.03. The van der Waals surface area contributed by atoms with Crippen LogP contribution >= 0.6 is 15.9 Å². The molecule has 0 atom stereocenters. The fourth-order valence-corrected chi connectivity index (χ4v) is 5.48. The Kier molecular flexibility index (Phi) is 10.5. The van der Waals surface area contributed by atoms with Crippen molar-refractivity contribution in [1.29, 1.82) is 0 Å². The van der Waals surface area contributed by atoms with Crippen molar-refractivity contribution in [2.45, 2.75) is 13.8 Å². The zero-order valence-electron chi connectivity index (χ0n) is 26.4. The van der Waals surface area contributed by atoms with Crippen molar-refractivity contribution in [2.75, 3.05) is 76.0 Å². The van der Waals surface area contributed by atoms with E-state index in [0.29, 0.717) is 17.4 Å². The van der Waals surface area contributed by atoms with Crippen LogP contribution < -0.4 is 25.0 Å². The van der Waals surface area contributed by atoms with E-state index < -0.39 is 0 Å². The number of hydrogen-bond acceptors (Lipinski definition) is 9. The number of methoxy groups -OCH3 is 1. The lowest BCUT2D eigenvalue weighted by Crippen LogP contribution is -2.48. The van der Waals surface area contributed by atoms with Gasteiger partial charge in [-0.25, -0.2) is 4.98 Å². The summed E-state index contributed by atoms with van der Waals surface area (Å²) < 4.78 is 12.6. The number of aromatic nitrogens is 2. The fraction of sp³-hybridized carbons (Fsp3) is 0.324. The topological polar surface area (TPSA) is 95.1 Å². The Morgan fingerprint density at radius 3 is 2.36 bits per heavy atom. The zero-order chi connectivity index (χ0) is 31.9. The van der Waals surface area contributed by atoms with E-state index in [-0.39, 0.29) is 17.4 Å². The standard InChI is InChI=1S/C34H40BrN7O3/c1-23-7-6-8-24(2)31(23)38-32(43)28-22-36-34(39-33(28)45-29-14-9-25(35)21-30(29)44-5)37-26-10-12-27(13-11-26)42-19-17-41(18-20-42)16-15-40(3)4/h6-14,21-22H,15-20H2,1-5H3,(H,38,43)(H,36,37,39). The molecule has 2 heterocycles. The average molecular weight is 675 g/mol. The number of aryl methyl sites for hydroxylation is 2. The van der Waals surface area contributed by atoms with Gasteiger partial charge in [0.25, 0.3) is 5.91 Å². The number of benzene rings is 3. The van der Waals surface area contributed by atoms with Gasteiger partial charge in [0.05, 0.1) is 7.11 Å². The first kappa shape index (κ1) is 32.2. The molecule has 4 aromatic rings. The number of carbonyl (C=O) groups excluding carboxylic acids is 1. The second-order valence-corrected chi connectivity index (χ2v) is 12.3. The number of piperazine rings is 1. The molecule has 1 aromatic heterocycles. The van der Waals surface area contributed by atoms with Gasteiger partial charge >= 0.3 is 0 Å². The highest BCUT2D eigenvalue weighted by Gasteiger charge is 2.21. The van der Waals surface area contributed by atoms with Crippen LogP contribution in [0.4, 0.5) is 23.0 Å². The minimum absolute atomic E-state index is 0.0978. The van der Waals surface area contributed by atoms with Crippen LogP contribution in [0.5, 0.6) is 17.4 Å². The van der Waals surface area contributed by atoms with Crippen molar-refractivity contribution in [3.05, 3.63) is 88.0 Å². The lowest BCUT2D eigenvalue weighted by molar-refractivity contribution is 0.102. The third-order valence-electron chi connectivity index (χ3n) is 7.77.